The molecule has 2 aromatic rings. The van der Waals surface area contributed by atoms with Crippen molar-refractivity contribution in [3.8, 4) is 0 Å². The van der Waals surface area contributed by atoms with Gasteiger partial charge in [0, 0.05) is 30.8 Å². The van der Waals surface area contributed by atoms with Gasteiger partial charge in [-0.15, -0.1) is 10.2 Å². The smallest absolute Gasteiger partial charge is 0.231 e. The van der Waals surface area contributed by atoms with Gasteiger partial charge in [0.1, 0.15) is 11.6 Å². The molecule has 0 aliphatic carbocycles. The molecule has 132 valence electrons. The minimum Gasteiger partial charge on any atom is -0.377 e. The van der Waals surface area contributed by atoms with Crippen molar-refractivity contribution in [2.45, 2.75) is 20.0 Å². The Morgan fingerprint density at radius 2 is 2.28 bits per heavy atom. The van der Waals surface area contributed by atoms with Gasteiger partial charge in [-0.1, -0.05) is 29.0 Å². The van der Waals surface area contributed by atoms with Gasteiger partial charge in [-0.05, 0) is 24.6 Å². The van der Waals surface area contributed by atoms with Crippen LogP contribution >= 0.6 is 22.9 Å². The number of aryl methyl sites for hydroxylation is 1. The Kier molecular flexibility index (Phi) is 5.31. The van der Waals surface area contributed by atoms with Crippen molar-refractivity contribution in [3.63, 3.8) is 0 Å². The number of nitrogens with one attached hydrogen (secondary N) is 1. The molecule has 0 spiro atoms. The second-order valence-corrected chi connectivity index (χ2v) is 7.23. The lowest BCUT2D eigenvalue weighted by Crippen LogP contribution is -2.28. The number of halogens is 1. The molecule has 9 heteroatoms. The SMILES string of the molecule is COCc1nnc(NC(=O)[C@H]2CC(=O)N(c3ccc(C)c(Cl)c3)C2)s1. The highest BCUT2D eigenvalue weighted by molar-refractivity contribution is 7.15. The number of aromatic nitrogens is 2. The molecule has 2 amide bonds. The maximum absolute atomic E-state index is 12.4. The van der Waals surface area contributed by atoms with Gasteiger partial charge in [0.2, 0.25) is 16.9 Å². The first-order valence-electron chi connectivity index (χ1n) is 7.66. The van der Waals surface area contributed by atoms with Gasteiger partial charge in [0.25, 0.3) is 0 Å². The summed E-state index contributed by atoms with van der Waals surface area (Å²) in [6, 6.07) is 5.44. The average molecular weight is 381 g/mol. The van der Waals surface area contributed by atoms with Gasteiger partial charge in [0.15, 0.2) is 0 Å². The zero-order valence-corrected chi connectivity index (χ0v) is 15.4. The van der Waals surface area contributed by atoms with Crippen LogP contribution in [0.15, 0.2) is 18.2 Å². The van der Waals surface area contributed by atoms with Gasteiger partial charge in [-0.3, -0.25) is 9.59 Å². The van der Waals surface area contributed by atoms with Gasteiger partial charge >= 0.3 is 0 Å². The van der Waals surface area contributed by atoms with Crippen molar-refractivity contribution >= 4 is 45.6 Å². The lowest BCUT2D eigenvalue weighted by Gasteiger charge is -2.17. The molecule has 1 fully saturated rings. The summed E-state index contributed by atoms with van der Waals surface area (Å²) in [6.07, 6.45) is 0.154. The Labute approximate surface area is 153 Å². The number of ether oxygens (including phenoxy) is 1. The van der Waals surface area contributed by atoms with Crippen molar-refractivity contribution in [2.24, 2.45) is 5.92 Å². The fourth-order valence-electron chi connectivity index (χ4n) is 2.58. The lowest BCUT2D eigenvalue weighted by atomic mass is 10.1. The van der Waals surface area contributed by atoms with Crippen LogP contribution in [0, 0.1) is 12.8 Å². The monoisotopic (exact) mass is 380 g/mol. The molecule has 1 aromatic heterocycles. The van der Waals surface area contributed by atoms with Crippen LogP contribution in [-0.4, -0.2) is 35.7 Å². The van der Waals surface area contributed by atoms with Crippen LogP contribution in [-0.2, 0) is 20.9 Å². The van der Waals surface area contributed by atoms with Gasteiger partial charge in [-0.25, -0.2) is 0 Å². The Bertz CT molecular complexity index is 810. The molecule has 0 bridgehead atoms. The molecule has 7 nitrogen and oxygen atoms in total. The molecule has 2 heterocycles. The molecule has 0 saturated carbocycles. The molecule has 1 saturated heterocycles. The summed E-state index contributed by atoms with van der Waals surface area (Å²) in [5, 5.41) is 12.2. The molecule has 1 aromatic carbocycles. The first kappa shape index (κ1) is 17.8. The summed E-state index contributed by atoms with van der Waals surface area (Å²) in [4.78, 5) is 26.3. The third-order valence-electron chi connectivity index (χ3n) is 3.93. The number of benzene rings is 1. The molecule has 1 aliphatic rings. The Morgan fingerprint density at radius 1 is 1.48 bits per heavy atom. The first-order valence-corrected chi connectivity index (χ1v) is 8.86. The fourth-order valence-corrected chi connectivity index (χ4v) is 3.47. The minimum atomic E-state index is -0.442. The Morgan fingerprint density at radius 3 is 3.00 bits per heavy atom. The summed E-state index contributed by atoms with van der Waals surface area (Å²) in [5.74, 6) is -0.783. The van der Waals surface area contributed by atoms with Crippen LogP contribution in [0.25, 0.3) is 0 Å². The largest absolute Gasteiger partial charge is 0.377 e. The van der Waals surface area contributed by atoms with Crippen molar-refractivity contribution in [3.05, 3.63) is 33.8 Å². The lowest BCUT2D eigenvalue weighted by molar-refractivity contribution is -0.122. The summed E-state index contributed by atoms with van der Waals surface area (Å²) in [5.41, 5.74) is 1.64. The van der Waals surface area contributed by atoms with E-state index in [1.165, 1.54) is 11.3 Å². The number of anilines is 2. The maximum atomic E-state index is 12.4. The van der Waals surface area contributed by atoms with Crippen molar-refractivity contribution in [1.82, 2.24) is 10.2 Å². The molecule has 3 rings (SSSR count). The second kappa shape index (κ2) is 7.47. The molecule has 1 atom stereocenters. The van der Waals surface area contributed by atoms with E-state index >= 15 is 0 Å². The molecular weight excluding hydrogens is 364 g/mol. The summed E-state index contributed by atoms with van der Waals surface area (Å²) < 4.78 is 4.97. The molecule has 1 N–H and O–H groups in total. The van der Waals surface area contributed by atoms with Crippen LogP contribution in [0.5, 0.6) is 0 Å². The zero-order chi connectivity index (χ0) is 18.0. The van der Waals surface area contributed by atoms with Crippen LogP contribution in [0.2, 0.25) is 5.02 Å². The van der Waals surface area contributed by atoms with E-state index in [2.05, 4.69) is 15.5 Å². The average Bonchev–Trinajstić information content (AvgIpc) is 3.17. The highest BCUT2D eigenvalue weighted by Crippen LogP contribution is 2.29. The zero-order valence-electron chi connectivity index (χ0n) is 13.8. The number of hydrogen-bond acceptors (Lipinski definition) is 6. The van der Waals surface area contributed by atoms with E-state index < -0.39 is 5.92 Å². The van der Waals surface area contributed by atoms with Gasteiger partial charge in [0.05, 0.1) is 5.92 Å². The van der Waals surface area contributed by atoms with Crippen molar-refractivity contribution in [1.29, 1.82) is 0 Å². The van der Waals surface area contributed by atoms with E-state index in [0.717, 1.165) is 5.56 Å². The van der Waals surface area contributed by atoms with E-state index in [1.807, 2.05) is 19.1 Å². The van der Waals surface area contributed by atoms with Crippen molar-refractivity contribution in [2.75, 3.05) is 23.9 Å². The van der Waals surface area contributed by atoms with Crippen LogP contribution in [0.4, 0.5) is 10.8 Å². The first-order chi connectivity index (χ1) is 12.0. The van der Waals surface area contributed by atoms with Crippen LogP contribution in [0.1, 0.15) is 17.0 Å². The van der Waals surface area contributed by atoms with E-state index in [1.54, 1.807) is 18.1 Å². The predicted molar refractivity (Wildman–Crippen MR) is 95.9 cm³/mol. The summed E-state index contributed by atoms with van der Waals surface area (Å²) in [6.45, 7) is 2.55. The number of carbonyl (C=O) groups excluding carboxylic acids is 2. The van der Waals surface area contributed by atoms with Crippen LogP contribution in [0.3, 0.4) is 0 Å². The molecule has 25 heavy (non-hydrogen) atoms. The molecular formula is C16H17ClN4O3S. The van der Waals surface area contributed by atoms with Crippen LogP contribution < -0.4 is 10.2 Å². The maximum Gasteiger partial charge on any atom is 0.231 e. The molecule has 1 aliphatic heterocycles. The minimum absolute atomic E-state index is 0.0996. The number of amides is 2. The quantitative estimate of drug-likeness (QED) is 0.861. The number of hydrogen-bond donors (Lipinski definition) is 1. The third-order valence-corrected chi connectivity index (χ3v) is 5.15. The highest BCUT2D eigenvalue weighted by atomic mass is 35.5. The third kappa shape index (κ3) is 3.97. The van der Waals surface area contributed by atoms with Crippen molar-refractivity contribution < 1.29 is 14.3 Å². The van der Waals surface area contributed by atoms with E-state index in [4.69, 9.17) is 16.3 Å². The van der Waals surface area contributed by atoms with E-state index in [9.17, 15) is 9.59 Å². The van der Waals surface area contributed by atoms with Gasteiger partial charge in [-0.2, -0.15) is 0 Å². The number of rotatable bonds is 5. The molecule has 0 radical (unpaired) electrons. The summed E-state index contributed by atoms with van der Waals surface area (Å²) in [7, 11) is 1.57. The topological polar surface area (TPSA) is 84.4 Å². The van der Waals surface area contributed by atoms with E-state index in [0.29, 0.717) is 34.0 Å². The number of carbonyl (C=O) groups is 2. The van der Waals surface area contributed by atoms with Gasteiger partial charge < -0.3 is 15.0 Å². The Hall–Kier alpha value is -2.03. The number of nitrogens with zero attached hydrogens (tertiary/aromatic N) is 3. The fraction of sp³-hybridized carbons (Fsp3) is 0.375. The standard InChI is InChI=1S/C16H17ClN4O3S/c1-9-3-4-11(6-12(9)17)21-7-10(5-14(21)22)15(23)18-16-20-19-13(25-16)8-24-2/h3-4,6,10H,5,7-8H2,1-2H3,(H,18,20,23)/t10-/m0/s1. The predicted octanol–water partition coefficient (Wildman–Crippen LogP) is 2.64. The highest BCUT2D eigenvalue weighted by Gasteiger charge is 2.35. The number of methoxy groups -OCH3 is 1. The Balaban J connectivity index is 1.66. The summed E-state index contributed by atoms with van der Waals surface area (Å²) >= 11 is 7.38. The normalized spacial score (nSPS) is 17.2. The second-order valence-electron chi connectivity index (χ2n) is 5.76. The van der Waals surface area contributed by atoms with E-state index in [-0.39, 0.29) is 18.2 Å². The molecule has 0 unspecified atom stereocenters.